The summed E-state index contributed by atoms with van der Waals surface area (Å²) in [6, 6.07) is 0. The summed E-state index contributed by atoms with van der Waals surface area (Å²) in [5.74, 6) is 1.41. The summed E-state index contributed by atoms with van der Waals surface area (Å²) in [7, 11) is 0. The van der Waals surface area contributed by atoms with E-state index in [-0.39, 0.29) is 11.8 Å². The molecule has 3 nitrogen and oxygen atoms in total. The van der Waals surface area contributed by atoms with E-state index < -0.39 is 0 Å². The van der Waals surface area contributed by atoms with Crippen LogP contribution >= 0.6 is 0 Å². The number of hydrogen-bond donors (Lipinski definition) is 2. The van der Waals surface area contributed by atoms with Gasteiger partial charge in [0.25, 0.3) is 0 Å². The molecular formula is C10H18N2O. The van der Waals surface area contributed by atoms with Crippen LogP contribution in [0.4, 0.5) is 0 Å². The number of nitrogens with one attached hydrogen (secondary N) is 2. The van der Waals surface area contributed by atoms with Crippen molar-refractivity contribution in [3.05, 3.63) is 0 Å². The van der Waals surface area contributed by atoms with Crippen molar-refractivity contribution in [2.24, 2.45) is 11.8 Å². The molecule has 1 saturated heterocycles. The van der Waals surface area contributed by atoms with Gasteiger partial charge in [0, 0.05) is 13.1 Å². The normalized spacial score (nSPS) is 27.5. The van der Waals surface area contributed by atoms with Gasteiger partial charge in [0.1, 0.15) is 0 Å². The molecule has 74 valence electrons. The predicted octanol–water partition coefficient (Wildman–Crippen LogP) is 0.512. The molecule has 2 N–H and O–H groups in total. The maximum Gasteiger partial charge on any atom is 0.224 e. The highest BCUT2D eigenvalue weighted by molar-refractivity contribution is 5.79. The minimum absolute atomic E-state index is 0.235. The van der Waals surface area contributed by atoms with Crippen molar-refractivity contribution in [1.82, 2.24) is 10.6 Å². The molecule has 13 heavy (non-hydrogen) atoms. The van der Waals surface area contributed by atoms with E-state index in [0.29, 0.717) is 0 Å². The lowest BCUT2D eigenvalue weighted by Gasteiger charge is -2.08. The molecule has 2 fully saturated rings. The number of rotatable bonds is 4. The van der Waals surface area contributed by atoms with E-state index in [2.05, 4.69) is 10.6 Å². The SMILES string of the molecule is O=C(NCCC1CC1)C1CCNC1. The average Bonchev–Trinajstić information content (AvgIpc) is 2.80. The highest BCUT2D eigenvalue weighted by Crippen LogP contribution is 2.31. The topological polar surface area (TPSA) is 41.1 Å². The molecule has 0 aromatic heterocycles. The third kappa shape index (κ3) is 2.69. The van der Waals surface area contributed by atoms with Crippen LogP contribution in [0, 0.1) is 11.8 Å². The Balaban J connectivity index is 1.59. The summed E-state index contributed by atoms with van der Waals surface area (Å²) in [5, 5.41) is 6.22. The van der Waals surface area contributed by atoms with Crippen LogP contribution in [0.15, 0.2) is 0 Å². The van der Waals surface area contributed by atoms with Gasteiger partial charge in [-0.05, 0) is 25.3 Å². The molecule has 1 atom stereocenters. The fourth-order valence-corrected chi connectivity index (χ4v) is 1.83. The molecule has 1 aliphatic heterocycles. The van der Waals surface area contributed by atoms with Gasteiger partial charge in [0.05, 0.1) is 5.92 Å². The van der Waals surface area contributed by atoms with Gasteiger partial charge in [-0.25, -0.2) is 0 Å². The van der Waals surface area contributed by atoms with E-state index >= 15 is 0 Å². The van der Waals surface area contributed by atoms with Gasteiger partial charge in [0.15, 0.2) is 0 Å². The van der Waals surface area contributed by atoms with Gasteiger partial charge in [-0.2, -0.15) is 0 Å². The molecule has 1 saturated carbocycles. The molecule has 0 aromatic carbocycles. The van der Waals surface area contributed by atoms with Crippen LogP contribution in [0.25, 0.3) is 0 Å². The molecule has 0 aromatic rings. The molecule has 2 aliphatic rings. The lowest BCUT2D eigenvalue weighted by atomic mass is 10.1. The molecule has 0 radical (unpaired) electrons. The second-order valence-corrected chi connectivity index (χ2v) is 4.21. The fourth-order valence-electron chi connectivity index (χ4n) is 1.83. The third-order valence-corrected chi connectivity index (χ3v) is 2.98. The average molecular weight is 182 g/mol. The maximum absolute atomic E-state index is 11.5. The van der Waals surface area contributed by atoms with Crippen molar-refractivity contribution in [3.63, 3.8) is 0 Å². The van der Waals surface area contributed by atoms with Crippen molar-refractivity contribution in [3.8, 4) is 0 Å². The van der Waals surface area contributed by atoms with Crippen molar-refractivity contribution in [2.45, 2.75) is 25.7 Å². The Labute approximate surface area is 79.3 Å². The maximum atomic E-state index is 11.5. The second kappa shape index (κ2) is 4.09. The Morgan fingerprint density at radius 2 is 2.23 bits per heavy atom. The Morgan fingerprint density at radius 3 is 2.85 bits per heavy atom. The molecule has 1 unspecified atom stereocenters. The number of carbonyl (C=O) groups excluding carboxylic acids is 1. The molecule has 2 rings (SSSR count). The molecule has 1 heterocycles. The first-order valence-corrected chi connectivity index (χ1v) is 5.34. The molecule has 3 heteroatoms. The standard InChI is InChI=1S/C10H18N2O/c13-10(9-4-5-11-7-9)12-6-3-8-1-2-8/h8-9,11H,1-7H2,(H,12,13). The van der Waals surface area contributed by atoms with E-state index in [1.54, 1.807) is 0 Å². The van der Waals surface area contributed by atoms with Gasteiger partial charge in [0.2, 0.25) is 5.91 Å². The largest absolute Gasteiger partial charge is 0.356 e. The summed E-state index contributed by atoms with van der Waals surface area (Å²) in [4.78, 5) is 11.5. The van der Waals surface area contributed by atoms with Crippen LogP contribution < -0.4 is 10.6 Å². The van der Waals surface area contributed by atoms with E-state index in [9.17, 15) is 4.79 Å². The van der Waals surface area contributed by atoms with Gasteiger partial charge < -0.3 is 10.6 Å². The summed E-state index contributed by atoms with van der Waals surface area (Å²) >= 11 is 0. The minimum atomic E-state index is 0.235. The molecule has 0 bridgehead atoms. The third-order valence-electron chi connectivity index (χ3n) is 2.98. The van der Waals surface area contributed by atoms with E-state index in [1.807, 2.05) is 0 Å². The van der Waals surface area contributed by atoms with Gasteiger partial charge in [-0.15, -0.1) is 0 Å². The van der Waals surface area contributed by atoms with Crippen LogP contribution in [0.1, 0.15) is 25.7 Å². The Hall–Kier alpha value is -0.570. The number of hydrogen-bond acceptors (Lipinski definition) is 2. The quantitative estimate of drug-likeness (QED) is 0.665. The lowest BCUT2D eigenvalue weighted by Crippen LogP contribution is -2.32. The first-order valence-electron chi connectivity index (χ1n) is 5.34. The predicted molar refractivity (Wildman–Crippen MR) is 51.3 cm³/mol. The van der Waals surface area contributed by atoms with Crippen molar-refractivity contribution in [1.29, 1.82) is 0 Å². The summed E-state index contributed by atoms with van der Waals surface area (Å²) < 4.78 is 0. The molecule has 1 aliphatic carbocycles. The van der Waals surface area contributed by atoms with Crippen molar-refractivity contribution >= 4 is 5.91 Å². The van der Waals surface area contributed by atoms with Gasteiger partial charge in [-0.3, -0.25) is 4.79 Å². The van der Waals surface area contributed by atoms with Crippen LogP contribution in [0.3, 0.4) is 0 Å². The zero-order valence-corrected chi connectivity index (χ0v) is 8.01. The monoisotopic (exact) mass is 182 g/mol. The van der Waals surface area contributed by atoms with Gasteiger partial charge in [-0.1, -0.05) is 12.8 Å². The minimum Gasteiger partial charge on any atom is -0.356 e. The highest BCUT2D eigenvalue weighted by atomic mass is 16.1. The Morgan fingerprint density at radius 1 is 1.38 bits per heavy atom. The fraction of sp³-hybridized carbons (Fsp3) is 0.900. The zero-order chi connectivity index (χ0) is 9.10. The van der Waals surface area contributed by atoms with E-state index in [0.717, 1.165) is 32.0 Å². The van der Waals surface area contributed by atoms with Crippen LogP contribution in [-0.2, 0) is 4.79 Å². The molecule has 1 amide bonds. The van der Waals surface area contributed by atoms with Crippen LogP contribution in [-0.4, -0.2) is 25.5 Å². The zero-order valence-electron chi connectivity index (χ0n) is 8.01. The Kier molecular flexibility index (Phi) is 2.83. The van der Waals surface area contributed by atoms with Gasteiger partial charge >= 0.3 is 0 Å². The first kappa shape index (κ1) is 9.00. The van der Waals surface area contributed by atoms with E-state index in [1.165, 1.54) is 19.3 Å². The van der Waals surface area contributed by atoms with E-state index in [4.69, 9.17) is 0 Å². The molecular weight excluding hydrogens is 164 g/mol. The highest BCUT2D eigenvalue weighted by Gasteiger charge is 2.24. The summed E-state index contributed by atoms with van der Waals surface area (Å²) in [5.41, 5.74) is 0. The van der Waals surface area contributed by atoms with Crippen LogP contribution in [0.5, 0.6) is 0 Å². The molecule has 0 spiro atoms. The van der Waals surface area contributed by atoms with Crippen LogP contribution in [0.2, 0.25) is 0 Å². The summed E-state index contributed by atoms with van der Waals surface area (Å²) in [6.07, 6.45) is 4.95. The van der Waals surface area contributed by atoms with Crippen molar-refractivity contribution < 1.29 is 4.79 Å². The number of amides is 1. The summed E-state index contributed by atoms with van der Waals surface area (Å²) in [6.45, 7) is 2.76. The van der Waals surface area contributed by atoms with Crippen molar-refractivity contribution in [2.75, 3.05) is 19.6 Å². The number of carbonyl (C=O) groups is 1. The lowest BCUT2D eigenvalue weighted by molar-refractivity contribution is -0.124. The Bertz CT molecular complexity index is 183. The smallest absolute Gasteiger partial charge is 0.224 e. The first-order chi connectivity index (χ1) is 6.36. The second-order valence-electron chi connectivity index (χ2n) is 4.21.